The number of nitrogens with zero attached hydrogens (tertiary/aromatic N) is 1. The fourth-order valence-electron chi connectivity index (χ4n) is 2.53. The van der Waals surface area contributed by atoms with E-state index in [1.54, 1.807) is 54.6 Å². The third-order valence-electron chi connectivity index (χ3n) is 3.83. The van der Waals surface area contributed by atoms with E-state index in [0.29, 0.717) is 22.0 Å². The Morgan fingerprint density at radius 1 is 1.00 bits per heavy atom. The molecule has 1 fully saturated rings. The van der Waals surface area contributed by atoms with E-state index in [1.165, 1.54) is 6.92 Å². The molecule has 3 rings (SSSR count). The molecule has 0 unspecified atom stereocenters. The molecule has 7 nitrogen and oxygen atoms in total. The number of imide groups is 1. The lowest BCUT2D eigenvalue weighted by atomic mass is 10.2. The van der Waals surface area contributed by atoms with Crippen molar-refractivity contribution in [2.24, 2.45) is 0 Å². The Balaban J connectivity index is 1.65. The van der Waals surface area contributed by atoms with Crippen LogP contribution in [-0.2, 0) is 14.4 Å². The minimum Gasteiger partial charge on any atom is -0.326 e. The molecule has 148 valence electrons. The lowest BCUT2D eigenvalue weighted by molar-refractivity contribution is -0.127. The van der Waals surface area contributed by atoms with Crippen molar-refractivity contribution in [1.29, 1.82) is 0 Å². The van der Waals surface area contributed by atoms with Crippen molar-refractivity contribution in [3.05, 3.63) is 64.0 Å². The molecule has 4 amide bonds. The summed E-state index contributed by atoms with van der Waals surface area (Å²) in [5.74, 6) is -1.21. The Labute approximate surface area is 176 Å². The van der Waals surface area contributed by atoms with Crippen LogP contribution in [0.2, 0.25) is 5.02 Å². The van der Waals surface area contributed by atoms with Gasteiger partial charge in [0.2, 0.25) is 11.8 Å². The number of carbonyl (C=O) groups excluding carboxylic acids is 4. The first-order valence-electron chi connectivity index (χ1n) is 8.50. The van der Waals surface area contributed by atoms with Crippen LogP contribution in [0.25, 0.3) is 6.08 Å². The van der Waals surface area contributed by atoms with E-state index in [4.69, 9.17) is 11.6 Å². The van der Waals surface area contributed by atoms with E-state index >= 15 is 0 Å². The normalized spacial score (nSPS) is 15.0. The number of halogens is 1. The summed E-state index contributed by atoms with van der Waals surface area (Å²) in [5, 5.41) is 5.28. The lowest BCUT2D eigenvalue weighted by Crippen LogP contribution is -2.36. The number of amides is 4. The van der Waals surface area contributed by atoms with E-state index in [0.717, 1.165) is 16.7 Å². The first-order chi connectivity index (χ1) is 13.8. The number of rotatable bonds is 5. The Hall–Kier alpha value is -3.10. The fraction of sp³-hybridized carbons (Fsp3) is 0.100. The smallest absolute Gasteiger partial charge is 0.294 e. The zero-order valence-corrected chi connectivity index (χ0v) is 16.8. The zero-order chi connectivity index (χ0) is 21.0. The van der Waals surface area contributed by atoms with E-state index in [-0.39, 0.29) is 17.4 Å². The molecule has 29 heavy (non-hydrogen) atoms. The molecule has 0 radical (unpaired) electrons. The van der Waals surface area contributed by atoms with Crippen LogP contribution in [0.1, 0.15) is 12.5 Å². The summed E-state index contributed by atoms with van der Waals surface area (Å²) in [6.45, 7) is 1.03. The molecular weight excluding hydrogens is 414 g/mol. The molecule has 0 atom stereocenters. The molecule has 0 spiro atoms. The highest BCUT2D eigenvalue weighted by Crippen LogP contribution is 2.32. The second-order valence-electron chi connectivity index (χ2n) is 6.13. The number of anilines is 2. The predicted octanol–water partition coefficient (Wildman–Crippen LogP) is 3.97. The summed E-state index contributed by atoms with van der Waals surface area (Å²) in [6.07, 6.45) is 1.57. The van der Waals surface area contributed by atoms with Crippen LogP contribution < -0.4 is 10.6 Å². The van der Waals surface area contributed by atoms with E-state index in [9.17, 15) is 19.2 Å². The van der Waals surface area contributed by atoms with Gasteiger partial charge in [0.1, 0.15) is 6.54 Å². The summed E-state index contributed by atoms with van der Waals surface area (Å²) in [6, 6.07) is 13.3. The number of carbonyl (C=O) groups is 4. The summed E-state index contributed by atoms with van der Waals surface area (Å²) in [5.41, 5.74) is 1.83. The van der Waals surface area contributed by atoms with Crippen molar-refractivity contribution in [3.8, 4) is 0 Å². The second-order valence-corrected chi connectivity index (χ2v) is 7.56. The van der Waals surface area contributed by atoms with Crippen LogP contribution in [0.4, 0.5) is 16.2 Å². The van der Waals surface area contributed by atoms with Gasteiger partial charge in [-0.05, 0) is 59.8 Å². The van der Waals surface area contributed by atoms with Crippen LogP contribution in [0.15, 0.2) is 53.4 Å². The van der Waals surface area contributed by atoms with Gasteiger partial charge in [0.25, 0.3) is 11.1 Å². The zero-order valence-electron chi connectivity index (χ0n) is 15.3. The van der Waals surface area contributed by atoms with Crippen molar-refractivity contribution in [2.45, 2.75) is 6.92 Å². The minimum absolute atomic E-state index is 0.184. The maximum Gasteiger partial charge on any atom is 0.294 e. The Morgan fingerprint density at radius 2 is 1.59 bits per heavy atom. The van der Waals surface area contributed by atoms with Gasteiger partial charge in [-0.2, -0.15) is 0 Å². The average molecular weight is 430 g/mol. The quantitative estimate of drug-likeness (QED) is 0.701. The molecule has 1 aliphatic rings. The molecule has 1 saturated heterocycles. The number of nitrogens with one attached hydrogen (secondary N) is 2. The van der Waals surface area contributed by atoms with Crippen LogP contribution in [-0.4, -0.2) is 34.4 Å². The second kappa shape index (κ2) is 8.93. The van der Waals surface area contributed by atoms with E-state index in [1.807, 2.05) is 0 Å². The lowest BCUT2D eigenvalue weighted by Gasteiger charge is -2.12. The molecule has 0 saturated carbocycles. The van der Waals surface area contributed by atoms with E-state index < -0.39 is 17.1 Å². The molecule has 2 aromatic rings. The Kier molecular flexibility index (Phi) is 6.36. The van der Waals surface area contributed by atoms with Gasteiger partial charge in [-0.3, -0.25) is 24.1 Å². The minimum atomic E-state index is -0.530. The Bertz CT molecular complexity index is 1000. The fourth-order valence-corrected chi connectivity index (χ4v) is 3.50. The van der Waals surface area contributed by atoms with Gasteiger partial charge in [0.15, 0.2) is 0 Å². The van der Waals surface area contributed by atoms with Crippen molar-refractivity contribution in [3.63, 3.8) is 0 Å². The van der Waals surface area contributed by atoms with Crippen LogP contribution in [0, 0.1) is 0 Å². The maximum absolute atomic E-state index is 12.5. The molecule has 9 heteroatoms. The van der Waals surface area contributed by atoms with Gasteiger partial charge >= 0.3 is 0 Å². The summed E-state index contributed by atoms with van der Waals surface area (Å²) in [7, 11) is 0. The van der Waals surface area contributed by atoms with Gasteiger partial charge in [-0.1, -0.05) is 23.7 Å². The van der Waals surface area contributed by atoms with Gasteiger partial charge in [-0.25, -0.2) is 0 Å². The molecule has 0 aromatic heterocycles. The molecule has 2 aromatic carbocycles. The topological polar surface area (TPSA) is 95.6 Å². The number of thioether (sulfide) groups is 1. The molecule has 0 aliphatic carbocycles. The van der Waals surface area contributed by atoms with E-state index in [2.05, 4.69) is 10.6 Å². The van der Waals surface area contributed by atoms with Gasteiger partial charge in [-0.15, -0.1) is 0 Å². The maximum atomic E-state index is 12.5. The Morgan fingerprint density at radius 3 is 2.21 bits per heavy atom. The summed E-state index contributed by atoms with van der Waals surface area (Å²) in [4.78, 5) is 49.1. The molecular formula is C20H16ClN3O4S. The van der Waals surface area contributed by atoms with Gasteiger partial charge in [0.05, 0.1) is 4.91 Å². The molecule has 1 heterocycles. The van der Waals surface area contributed by atoms with Gasteiger partial charge < -0.3 is 10.6 Å². The van der Waals surface area contributed by atoms with Crippen LogP contribution in [0.3, 0.4) is 0 Å². The summed E-state index contributed by atoms with van der Waals surface area (Å²) < 4.78 is 0. The third kappa shape index (κ3) is 5.46. The molecule has 2 N–H and O–H groups in total. The number of benzene rings is 2. The highest BCUT2D eigenvalue weighted by Gasteiger charge is 2.36. The standard InChI is InChI=1S/C20H16ClN3O4S/c1-12(25)22-15-6-2-13(3-7-15)10-17-19(27)24(20(28)29-17)11-18(26)23-16-8-4-14(21)5-9-16/h2-10H,11H2,1H3,(H,22,25)(H,23,26)/b17-10-. The van der Waals surface area contributed by atoms with Crippen LogP contribution >= 0.6 is 23.4 Å². The first kappa shape index (κ1) is 20.6. The largest absolute Gasteiger partial charge is 0.326 e. The van der Waals surface area contributed by atoms with Crippen molar-refractivity contribution < 1.29 is 19.2 Å². The first-order valence-corrected chi connectivity index (χ1v) is 9.70. The number of hydrogen-bond donors (Lipinski definition) is 2. The average Bonchev–Trinajstić information content (AvgIpc) is 2.92. The van der Waals surface area contributed by atoms with Gasteiger partial charge in [0, 0.05) is 23.3 Å². The van der Waals surface area contributed by atoms with Crippen LogP contribution in [0.5, 0.6) is 0 Å². The SMILES string of the molecule is CC(=O)Nc1ccc(/C=C2\SC(=O)N(CC(=O)Nc3ccc(Cl)cc3)C2=O)cc1. The molecule has 0 bridgehead atoms. The highest BCUT2D eigenvalue weighted by molar-refractivity contribution is 8.18. The van der Waals surface area contributed by atoms with Crippen molar-refractivity contribution in [2.75, 3.05) is 17.2 Å². The summed E-state index contributed by atoms with van der Waals surface area (Å²) >= 11 is 6.57. The van der Waals surface area contributed by atoms with Crippen molar-refractivity contribution in [1.82, 2.24) is 4.90 Å². The third-order valence-corrected chi connectivity index (χ3v) is 4.99. The van der Waals surface area contributed by atoms with Crippen molar-refractivity contribution >= 4 is 63.8 Å². The predicted molar refractivity (Wildman–Crippen MR) is 114 cm³/mol. The highest BCUT2D eigenvalue weighted by atomic mass is 35.5. The number of hydrogen-bond acceptors (Lipinski definition) is 5. The molecule has 1 aliphatic heterocycles. The monoisotopic (exact) mass is 429 g/mol.